The predicted molar refractivity (Wildman–Crippen MR) is 72.1 cm³/mol. The van der Waals surface area contributed by atoms with Gasteiger partial charge in [-0.2, -0.15) is 0 Å². The third-order valence-corrected chi connectivity index (χ3v) is 3.49. The summed E-state index contributed by atoms with van der Waals surface area (Å²) in [6.07, 6.45) is 2.66. The number of fused-ring (bicyclic) bond motifs is 1. The third-order valence-electron chi connectivity index (χ3n) is 3.19. The average molecular weight is 273 g/mol. The molecule has 0 spiro atoms. The van der Waals surface area contributed by atoms with E-state index in [2.05, 4.69) is 10.3 Å². The number of amides is 2. The number of rotatable bonds is 2. The minimum atomic E-state index is -0.359. The highest BCUT2D eigenvalue weighted by Gasteiger charge is 2.27. The van der Waals surface area contributed by atoms with Gasteiger partial charge in [-0.15, -0.1) is 0 Å². The van der Waals surface area contributed by atoms with Gasteiger partial charge in [0.2, 0.25) is 0 Å². The molecule has 2 heterocycles. The molecule has 0 saturated carbocycles. The second kappa shape index (κ2) is 4.17. The fraction of sp³-hybridized carbons (Fsp3) is 0.154. The molecule has 0 aliphatic carbocycles. The van der Waals surface area contributed by atoms with Gasteiger partial charge in [0.05, 0.1) is 11.1 Å². The molecule has 1 aromatic heterocycles. The van der Waals surface area contributed by atoms with Crippen LogP contribution in [0.15, 0.2) is 24.4 Å². The summed E-state index contributed by atoms with van der Waals surface area (Å²) in [4.78, 5) is 26.1. The SMILES string of the molecule is CCc1c[nH]c(=S)n1-c1ccc2c(c1)C(=O)NC2=O. The predicted octanol–water partition coefficient (Wildman–Crippen LogP) is 1.98. The average Bonchev–Trinajstić information content (AvgIpc) is 2.91. The molecule has 96 valence electrons. The Kier molecular flexibility index (Phi) is 2.60. The van der Waals surface area contributed by atoms with Crippen LogP contribution in [0.2, 0.25) is 0 Å². The number of nitrogens with zero attached hydrogens (tertiary/aromatic N) is 1. The highest BCUT2D eigenvalue weighted by molar-refractivity contribution is 7.71. The van der Waals surface area contributed by atoms with Crippen molar-refractivity contribution in [3.8, 4) is 5.69 Å². The Balaban J connectivity index is 2.21. The van der Waals surface area contributed by atoms with Crippen LogP contribution in [0.1, 0.15) is 33.3 Å². The van der Waals surface area contributed by atoms with Crippen LogP contribution >= 0.6 is 12.2 Å². The van der Waals surface area contributed by atoms with Crippen molar-refractivity contribution < 1.29 is 9.59 Å². The lowest BCUT2D eigenvalue weighted by Crippen LogP contribution is -2.19. The molecule has 2 N–H and O–H groups in total. The van der Waals surface area contributed by atoms with E-state index in [1.807, 2.05) is 17.7 Å². The Morgan fingerprint density at radius 3 is 2.68 bits per heavy atom. The highest BCUT2D eigenvalue weighted by Crippen LogP contribution is 2.21. The number of imidazole rings is 1. The van der Waals surface area contributed by atoms with Gasteiger partial charge in [0.25, 0.3) is 11.8 Å². The Labute approximate surface area is 114 Å². The van der Waals surface area contributed by atoms with Crippen molar-refractivity contribution in [2.24, 2.45) is 0 Å². The number of hydrogen-bond acceptors (Lipinski definition) is 3. The summed E-state index contributed by atoms with van der Waals surface area (Å²) in [7, 11) is 0. The zero-order valence-corrected chi connectivity index (χ0v) is 11.0. The molecule has 6 heteroatoms. The minimum Gasteiger partial charge on any atom is -0.337 e. The maximum atomic E-state index is 11.7. The van der Waals surface area contributed by atoms with Gasteiger partial charge >= 0.3 is 0 Å². The van der Waals surface area contributed by atoms with E-state index in [4.69, 9.17) is 12.2 Å². The fourth-order valence-corrected chi connectivity index (χ4v) is 2.52. The summed E-state index contributed by atoms with van der Waals surface area (Å²) in [6.45, 7) is 2.03. The smallest absolute Gasteiger partial charge is 0.259 e. The largest absolute Gasteiger partial charge is 0.337 e. The maximum Gasteiger partial charge on any atom is 0.259 e. The molecule has 0 radical (unpaired) electrons. The Morgan fingerprint density at radius 1 is 1.21 bits per heavy atom. The molecular weight excluding hydrogens is 262 g/mol. The van der Waals surface area contributed by atoms with E-state index >= 15 is 0 Å². The molecule has 0 fully saturated rings. The van der Waals surface area contributed by atoms with Crippen molar-refractivity contribution in [1.82, 2.24) is 14.9 Å². The lowest BCUT2D eigenvalue weighted by atomic mass is 10.1. The molecule has 0 saturated heterocycles. The van der Waals surface area contributed by atoms with Gasteiger partial charge in [-0.05, 0) is 36.8 Å². The lowest BCUT2D eigenvalue weighted by molar-refractivity contribution is 0.0879. The van der Waals surface area contributed by atoms with E-state index in [9.17, 15) is 9.59 Å². The molecule has 1 aliphatic heterocycles. The standard InChI is InChI=1S/C13H11N3O2S/c1-2-7-6-14-13(19)16(7)8-3-4-9-10(5-8)12(18)15-11(9)17/h3-6H,2H2,1H3,(H,14,19)(H,15,17,18). The van der Waals surface area contributed by atoms with Gasteiger partial charge in [-0.3, -0.25) is 19.5 Å². The lowest BCUT2D eigenvalue weighted by Gasteiger charge is -2.07. The van der Waals surface area contributed by atoms with Gasteiger partial charge < -0.3 is 4.98 Å². The molecule has 2 amide bonds. The third kappa shape index (κ3) is 1.72. The van der Waals surface area contributed by atoms with Crippen LogP contribution in [0.5, 0.6) is 0 Å². The second-order valence-electron chi connectivity index (χ2n) is 4.29. The van der Waals surface area contributed by atoms with E-state index in [0.717, 1.165) is 17.8 Å². The van der Waals surface area contributed by atoms with E-state index in [1.54, 1.807) is 18.2 Å². The summed E-state index contributed by atoms with van der Waals surface area (Å²) in [6, 6.07) is 5.14. The van der Waals surface area contributed by atoms with Crippen molar-refractivity contribution in [2.45, 2.75) is 13.3 Å². The number of carbonyl (C=O) groups is 2. The molecule has 2 aromatic rings. The number of aryl methyl sites for hydroxylation is 1. The summed E-state index contributed by atoms with van der Waals surface area (Å²) >= 11 is 5.24. The molecule has 3 rings (SSSR count). The number of imide groups is 1. The number of aromatic amines is 1. The molecule has 1 aliphatic rings. The van der Waals surface area contributed by atoms with Gasteiger partial charge in [-0.25, -0.2) is 0 Å². The van der Waals surface area contributed by atoms with Crippen LogP contribution in [0.25, 0.3) is 5.69 Å². The molecule has 0 unspecified atom stereocenters. The number of H-pyrrole nitrogens is 1. The van der Waals surface area contributed by atoms with Gasteiger partial charge in [0.15, 0.2) is 4.77 Å². The van der Waals surface area contributed by atoms with E-state index in [1.165, 1.54) is 0 Å². The Hall–Kier alpha value is -2.21. The van der Waals surface area contributed by atoms with Gasteiger partial charge in [0.1, 0.15) is 0 Å². The van der Waals surface area contributed by atoms with Crippen molar-refractivity contribution in [2.75, 3.05) is 0 Å². The number of hydrogen-bond donors (Lipinski definition) is 2. The van der Waals surface area contributed by atoms with E-state index in [-0.39, 0.29) is 11.8 Å². The fourth-order valence-electron chi connectivity index (χ4n) is 2.24. The molecule has 0 bridgehead atoms. The first kappa shape index (κ1) is 11.9. The monoisotopic (exact) mass is 273 g/mol. The van der Waals surface area contributed by atoms with E-state index < -0.39 is 0 Å². The van der Waals surface area contributed by atoms with Gasteiger partial charge in [0, 0.05) is 17.6 Å². The van der Waals surface area contributed by atoms with E-state index in [0.29, 0.717) is 15.9 Å². The zero-order valence-electron chi connectivity index (χ0n) is 10.2. The number of aromatic nitrogens is 2. The first-order chi connectivity index (χ1) is 9.11. The number of benzene rings is 1. The summed E-state index contributed by atoms with van der Waals surface area (Å²) < 4.78 is 2.44. The first-order valence-electron chi connectivity index (χ1n) is 5.91. The Morgan fingerprint density at radius 2 is 1.95 bits per heavy atom. The van der Waals surface area contributed by atoms with Crippen molar-refractivity contribution in [3.63, 3.8) is 0 Å². The molecule has 19 heavy (non-hydrogen) atoms. The Bertz CT molecular complexity index is 757. The quantitative estimate of drug-likeness (QED) is 0.649. The van der Waals surface area contributed by atoms with Crippen molar-refractivity contribution in [3.05, 3.63) is 46.0 Å². The molecule has 5 nitrogen and oxygen atoms in total. The molecule has 1 aromatic carbocycles. The van der Waals surface area contributed by atoms with Crippen LogP contribution in [0, 0.1) is 4.77 Å². The van der Waals surface area contributed by atoms with Crippen molar-refractivity contribution >= 4 is 24.0 Å². The summed E-state index contributed by atoms with van der Waals surface area (Å²) in [5.74, 6) is -0.707. The normalized spacial score (nSPS) is 13.5. The van der Waals surface area contributed by atoms with Crippen LogP contribution < -0.4 is 5.32 Å². The van der Waals surface area contributed by atoms with Crippen LogP contribution in [-0.4, -0.2) is 21.4 Å². The van der Waals surface area contributed by atoms with Crippen LogP contribution in [-0.2, 0) is 6.42 Å². The first-order valence-corrected chi connectivity index (χ1v) is 6.32. The maximum absolute atomic E-state index is 11.7. The zero-order chi connectivity index (χ0) is 13.6. The topological polar surface area (TPSA) is 66.9 Å². The van der Waals surface area contributed by atoms with Gasteiger partial charge in [-0.1, -0.05) is 6.92 Å². The summed E-state index contributed by atoms with van der Waals surface area (Å²) in [5.41, 5.74) is 2.61. The van der Waals surface area contributed by atoms with Crippen LogP contribution in [0.4, 0.5) is 0 Å². The molecular formula is C13H11N3O2S. The summed E-state index contributed by atoms with van der Waals surface area (Å²) in [5, 5.41) is 2.28. The van der Waals surface area contributed by atoms with Crippen molar-refractivity contribution in [1.29, 1.82) is 0 Å². The second-order valence-corrected chi connectivity index (χ2v) is 4.67. The number of carbonyl (C=O) groups excluding carboxylic acids is 2. The highest BCUT2D eigenvalue weighted by atomic mass is 32.1. The molecule has 0 atom stereocenters. The minimum absolute atomic E-state index is 0.347. The van der Waals surface area contributed by atoms with Crippen LogP contribution in [0.3, 0.4) is 0 Å². The number of nitrogens with one attached hydrogen (secondary N) is 2.